The van der Waals surface area contributed by atoms with Gasteiger partial charge in [-0.2, -0.15) is 11.3 Å². The Hall–Kier alpha value is -1.92. The van der Waals surface area contributed by atoms with Gasteiger partial charge in [0.25, 0.3) is 0 Å². The molecule has 4 nitrogen and oxygen atoms in total. The quantitative estimate of drug-likeness (QED) is 0.774. The van der Waals surface area contributed by atoms with Crippen LogP contribution in [-0.4, -0.2) is 23.7 Å². The maximum Gasteiger partial charge on any atom is 0.315 e. The van der Waals surface area contributed by atoms with Gasteiger partial charge in [0.2, 0.25) is 0 Å². The van der Waals surface area contributed by atoms with Crippen molar-refractivity contribution in [1.29, 1.82) is 0 Å². The molecule has 2 amide bonds. The number of halogens is 1. The average molecular weight is 348 g/mol. The number of aliphatic hydroxyl groups excluding tert-OH is 1. The Kier molecular flexibility index (Phi) is 5.48. The molecule has 1 aromatic heterocycles. The third kappa shape index (κ3) is 4.13. The van der Waals surface area contributed by atoms with Gasteiger partial charge in [-0.25, -0.2) is 9.18 Å². The summed E-state index contributed by atoms with van der Waals surface area (Å²) in [6.07, 6.45) is 2.22. The first-order valence-electron chi connectivity index (χ1n) is 8.13. The van der Waals surface area contributed by atoms with E-state index in [1.54, 1.807) is 12.1 Å². The molecule has 0 aliphatic heterocycles. The van der Waals surface area contributed by atoms with Gasteiger partial charge >= 0.3 is 6.03 Å². The minimum atomic E-state index is -0.696. The van der Waals surface area contributed by atoms with Crippen molar-refractivity contribution >= 4 is 17.4 Å². The number of hydrogen-bond acceptors (Lipinski definition) is 3. The molecular formula is C18H21FN2O2S. The summed E-state index contributed by atoms with van der Waals surface area (Å²) in [5.74, 6) is -0.0421. The summed E-state index contributed by atoms with van der Waals surface area (Å²) < 4.78 is 13.1. The molecule has 24 heavy (non-hydrogen) atoms. The van der Waals surface area contributed by atoms with Crippen LogP contribution in [-0.2, 0) is 0 Å². The fourth-order valence-electron chi connectivity index (χ4n) is 3.23. The number of carbonyl (C=O) groups is 1. The molecule has 1 fully saturated rings. The van der Waals surface area contributed by atoms with Gasteiger partial charge in [0.1, 0.15) is 5.82 Å². The molecular weight excluding hydrogens is 327 g/mol. The monoisotopic (exact) mass is 348 g/mol. The predicted molar refractivity (Wildman–Crippen MR) is 92.6 cm³/mol. The standard InChI is InChI=1S/C18H21FN2O2S/c19-14-6-4-12(5-7-14)15-2-1-3-16(15)21-18(23)20-10-17(22)13-8-9-24-11-13/h4-9,11,15-17,22H,1-3,10H2,(H2,20,21,23). The lowest BCUT2D eigenvalue weighted by atomic mass is 9.94. The largest absolute Gasteiger partial charge is 0.387 e. The van der Waals surface area contributed by atoms with Gasteiger partial charge in [-0.3, -0.25) is 0 Å². The van der Waals surface area contributed by atoms with E-state index in [0.717, 1.165) is 30.4 Å². The first kappa shape index (κ1) is 16.9. The molecule has 2 aromatic rings. The van der Waals surface area contributed by atoms with Crippen LogP contribution < -0.4 is 10.6 Å². The normalized spacial score (nSPS) is 21.4. The molecule has 6 heteroatoms. The van der Waals surface area contributed by atoms with Crippen LogP contribution in [0.1, 0.15) is 42.4 Å². The van der Waals surface area contributed by atoms with Crippen molar-refractivity contribution in [1.82, 2.24) is 10.6 Å². The van der Waals surface area contributed by atoms with E-state index in [4.69, 9.17) is 0 Å². The Balaban J connectivity index is 1.52. The molecule has 1 heterocycles. The predicted octanol–water partition coefficient (Wildman–Crippen LogP) is 3.56. The molecule has 3 atom stereocenters. The highest BCUT2D eigenvalue weighted by molar-refractivity contribution is 7.07. The van der Waals surface area contributed by atoms with Crippen molar-refractivity contribution in [2.24, 2.45) is 0 Å². The topological polar surface area (TPSA) is 61.4 Å². The van der Waals surface area contributed by atoms with E-state index in [9.17, 15) is 14.3 Å². The van der Waals surface area contributed by atoms with Crippen LogP contribution in [0.4, 0.5) is 9.18 Å². The molecule has 1 aliphatic carbocycles. The molecule has 0 bridgehead atoms. The Morgan fingerprint density at radius 3 is 2.79 bits per heavy atom. The van der Waals surface area contributed by atoms with E-state index in [-0.39, 0.29) is 30.4 Å². The molecule has 0 radical (unpaired) electrons. The number of rotatable bonds is 5. The van der Waals surface area contributed by atoms with Gasteiger partial charge in [0.15, 0.2) is 0 Å². The van der Waals surface area contributed by atoms with Crippen molar-refractivity contribution in [2.45, 2.75) is 37.3 Å². The van der Waals surface area contributed by atoms with Crippen molar-refractivity contribution in [2.75, 3.05) is 6.54 Å². The maximum absolute atomic E-state index is 13.1. The zero-order valence-corrected chi connectivity index (χ0v) is 14.1. The van der Waals surface area contributed by atoms with E-state index in [0.29, 0.717) is 0 Å². The summed E-state index contributed by atoms with van der Waals surface area (Å²) in [5.41, 5.74) is 1.86. The Morgan fingerprint density at radius 1 is 1.29 bits per heavy atom. The lowest BCUT2D eigenvalue weighted by Gasteiger charge is -2.22. The highest BCUT2D eigenvalue weighted by Gasteiger charge is 2.29. The van der Waals surface area contributed by atoms with E-state index < -0.39 is 6.10 Å². The summed E-state index contributed by atoms with van der Waals surface area (Å²) in [7, 11) is 0. The summed E-state index contributed by atoms with van der Waals surface area (Å²) >= 11 is 1.51. The number of carbonyl (C=O) groups excluding carboxylic acids is 1. The van der Waals surface area contributed by atoms with Crippen molar-refractivity contribution in [3.05, 3.63) is 58.0 Å². The first-order valence-corrected chi connectivity index (χ1v) is 9.08. The molecule has 1 aromatic carbocycles. The summed E-state index contributed by atoms with van der Waals surface area (Å²) in [6, 6.07) is 8.11. The average Bonchev–Trinajstić information content (AvgIpc) is 3.25. The van der Waals surface area contributed by atoms with Gasteiger partial charge in [0.05, 0.1) is 6.10 Å². The van der Waals surface area contributed by atoms with Gasteiger partial charge in [-0.05, 0) is 52.9 Å². The van der Waals surface area contributed by atoms with Crippen molar-refractivity contribution < 1.29 is 14.3 Å². The third-order valence-electron chi connectivity index (χ3n) is 4.51. The molecule has 3 unspecified atom stereocenters. The van der Waals surface area contributed by atoms with Crippen molar-refractivity contribution in [3.8, 4) is 0 Å². The number of thiophene rings is 1. The van der Waals surface area contributed by atoms with Gasteiger partial charge < -0.3 is 15.7 Å². The molecule has 3 N–H and O–H groups in total. The van der Waals surface area contributed by atoms with E-state index in [1.807, 2.05) is 16.8 Å². The van der Waals surface area contributed by atoms with Crippen LogP contribution in [0.5, 0.6) is 0 Å². The maximum atomic E-state index is 13.1. The van der Waals surface area contributed by atoms with E-state index >= 15 is 0 Å². The van der Waals surface area contributed by atoms with E-state index in [1.165, 1.54) is 23.5 Å². The first-order chi connectivity index (χ1) is 11.6. The van der Waals surface area contributed by atoms with Crippen LogP contribution in [0.15, 0.2) is 41.1 Å². The van der Waals surface area contributed by atoms with E-state index in [2.05, 4.69) is 10.6 Å². The summed E-state index contributed by atoms with van der Waals surface area (Å²) in [5, 5.41) is 19.5. The number of amides is 2. The number of hydrogen-bond donors (Lipinski definition) is 3. The molecule has 1 aliphatic rings. The van der Waals surface area contributed by atoms with Gasteiger partial charge in [-0.15, -0.1) is 0 Å². The lowest BCUT2D eigenvalue weighted by Crippen LogP contribution is -2.44. The number of benzene rings is 1. The van der Waals surface area contributed by atoms with Crippen molar-refractivity contribution in [3.63, 3.8) is 0 Å². The van der Waals surface area contributed by atoms with Gasteiger partial charge in [0, 0.05) is 18.5 Å². The van der Waals surface area contributed by atoms with Crippen LogP contribution in [0, 0.1) is 5.82 Å². The number of nitrogens with one attached hydrogen (secondary N) is 2. The highest BCUT2D eigenvalue weighted by Crippen LogP contribution is 2.34. The Morgan fingerprint density at radius 2 is 2.08 bits per heavy atom. The van der Waals surface area contributed by atoms with Crippen LogP contribution in [0.25, 0.3) is 0 Å². The molecule has 0 spiro atoms. The van der Waals surface area contributed by atoms with Gasteiger partial charge in [-0.1, -0.05) is 18.6 Å². The minimum absolute atomic E-state index is 0.0359. The fraction of sp³-hybridized carbons (Fsp3) is 0.389. The third-order valence-corrected chi connectivity index (χ3v) is 5.22. The number of aliphatic hydroxyl groups is 1. The molecule has 0 saturated heterocycles. The SMILES string of the molecule is O=C(NCC(O)c1ccsc1)NC1CCCC1c1ccc(F)cc1. The Labute approximate surface area is 144 Å². The van der Waals surface area contributed by atoms with Crippen LogP contribution in [0.2, 0.25) is 0 Å². The molecule has 3 rings (SSSR count). The number of urea groups is 1. The zero-order valence-electron chi connectivity index (χ0n) is 13.2. The highest BCUT2D eigenvalue weighted by atomic mass is 32.1. The smallest absolute Gasteiger partial charge is 0.315 e. The fourth-order valence-corrected chi connectivity index (χ4v) is 3.94. The van der Waals surface area contributed by atoms with Crippen LogP contribution in [0.3, 0.4) is 0 Å². The molecule has 1 saturated carbocycles. The zero-order chi connectivity index (χ0) is 16.9. The second kappa shape index (κ2) is 7.77. The summed E-state index contributed by atoms with van der Waals surface area (Å²) in [4.78, 5) is 12.1. The minimum Gasteiger partial charge on any atom is -0.387 e. The summed E-state index contributed by atoms with van der Waals surface area (Å²) in [6.45, 7) is 0.177. The lowest BCUT2D eigenvalue weighted by molar-refractivity contribution is 0.172. The Bertz CT molecular complexity index is 660. The second-order valence-electron chi connectivity index (χ2n) is 6.12. The second-order valence-corrected chi connectivity index (χ2v) is 6.90. The van der Waals surface area contributed by atoms with Crippen LogP contribution >= 0.6 is 11.3 Å². The molecule has 128 valence electrons.